The monoisotopic (exact) mass is 371 g/mol. The number of ketones is 2. The van der Waals surface area contributed by atoms with Gasteiger partial charge in [-0.05, 0) is 45.4 Å². The molecule has 0 bridgehead atoms. The van der Waals surface area contributed by atoms with Gasteiger partial charge in [0.15, 0.2) is 23.4 Å². The summed E-state index contributed by atoms with van der Waals surface area (Å²) in [6.07, 6.45) is -1.98. The molecule has 7 heteroatoms. The van der Waals surface area contributed by atoms with E-state index in [1.54, 1.807) is 38.1 Å². The largest absolute Gasteiger partial charge is 0.485 e. The van der Waals surface area contributed by atoms with Gasteiger partial charge in [0.1, 0.15) is 6.61 Å². The number of carbonyl (C=O) groups excluding carboxylic acids is 3. The maximum atomic E-state index is 12.7. The number of esters is 1. The Morgan fingerprint density at radius 3 is 2.48 bits per heavy atom. The van der Waals surface area contributed by atoms with Crippen molar-refractivity contribution in [2.24, 2.45) is 0 Å². The zero-order valence-electron chi connectivity index (χ0n) is 15.6. The summed E-state index contributed by atoms with van der Waals surface area (Å²) in [5.74, 6) is -0.213. The second-order valence-corrected chi connectivity index (χ2v) is 6.49. The summed E-state index contributed by atoms with van der Waals surface area (Å²) >= 11 is 0. The molecule has 7 nitrogen and oxygen atoms in total. The van der Waals surface area contributed by atoms with Crippen LogP contribution in [0.4, 0.5) is 0 Å². The predicted octanol–water partition coefficient (Wildman–Crippen LogP) is 2.79. The molecule has 1 aliphatic rings. The van der Waals surface area contributed by atoms with Crippen molar-refractivity contribution in [3.63, 3.8) is 0 Å². The Kier molecular flexibility index (Phi) is 5.03. The number of aromatic amines is 1. The highest BCUT2D eigenvalue weighted by Gasteiger charge is 2.32. The fraction of sp³-hybridized carbons (Fsp3) is 0.350. The number of aromatic nitrogens is 1. The van der Waals surface area contributed by atoms with Crippen LogP contribution < -0.4 is 9.47 Å². The zero-order chi connectivity index (χ0) is 19.7. The lowest BCUT2D eigenvalue weighted by Crippen LogP contribution is -2.40. The number of carbonyl (C=O) groups is 3. The Balaban J connectivity index is 1.69. The lowest BCUT2D eigenvalue weighted by Gasteiger charge is -2.25. The molecule has 142 valence electrons. The molecule has 2 atom stereocenters. The van der Waals surface area contributed by atoms with Crippen LogP contribution in [0.2, 0.25) is 0 Å². The minimum atomic E-state index is -1.03. The summed E-state index contributed by atoms with van der Waals surface area (Å²) in [7, 11) is 0. The van der Waals surface area contributed by atoms with Gasteiger partial charge in [0.05, 0.1) is 5.69 Å². The fourth-order valence-electron chi connectivity index (χ4n) is 3.17. The van der Waals surface area contributed by atoms with Gasteiger partial charge in [0.25, 0.3) is 0 Å². The lowest BCUT2D eigenvalue weighted by molar-refractivity contribution is -0.157. The predicted molar refractivity (Wildman–Crippen MR) is 96.5 cm³/mol. The lowest BCUT2D eigenvalue weighted by atomic mass is 10.0. The molecule has 0 saturated heterocycles. The summed E-state index contributed by atoms with van der Waals surface area (Å²) in [5.41, 5.74) is 1.92. The van der Waals surface area contributed by atoms with Crippen LogP contribution in [0.1, 0.15) is 46.0 Å². The third-order valence-electron chi connectivity index (χ3n) is 4.47. The number of hydrogen-bond acceptors (Lipinski definition) is 6. The van der Waals surface area contributed by atoms with Gasteiger partial charge >= 0.3 is 5.97 Å². The number of Topliss-reactive ketones (excluding diaryl/α,β-unsaturated/α-hetero) is 2. The number of H-pyrrole nitrogens is 1. The summed E-state index contributed by atoms with van der Waals surface area (Å²) in [4.78, 5) is 39.7. The number of ether oxygens (including phenoxy) is 3. The first kappa shape index (κ1) is 18.7. The standard InChI is InChI=1S/C20H21NO6/c1-10-17(12(3)22)11(2)21-18(10)19(23)13(4)26-20(24)16-9-25-14-7-5-6-8-15(14)27-16/h5-8,13,16,21H,9H2,1-4H3/t13-,16-/m0/s1. The van der Waals surface area contributed by atoms with Gasteiger partial charge in [-0.1, -0.05) is 12.1 Å². The minimum Gasteiger partial charge on any atom is -0.485 e. The van der Waals surface area contributed by atoms with Crippen molar-refractivity contribution >= 4 is 17.5 Å². The van der Waals surface area contributed by atoms with Crippen molar-refractivity contribution in [1.82, 2.24) is 4.98 Å². The molecule has 2 aromatic rings. The molecule has 27 heavy (non-hydrogen) atoms. The van der Waals surface area contributed by atoms with Crippen molar-refractivity contribution in [3.8, 4) is 11.5 Å². The SMILES string of the molecule is CC(=O)c1c(C)[nH]c(C(=O)[C@H](C)OC(=O)[C@@H]2COc3ccccc3O2)c1C. The molecule has 2 heterocycles. The van der Waals surface area contributed by atoms with Crippen molar-refractivity contribution < 1.29 is 28.6 Å². The van der Waals surface area contributed by atoms with E-state index in [0.29, 0.717) is 28.3 Å². The highest BCUT2D eigenvalue weighted by Crippen LogP contribution is 2.31. The van der Waals surface area contributed by atoms with Crippen LogP contribution in [-0.4, -0.2) is 41.3 Å². The van der Waals surface area contributed by atoms with Crippen LogP contribution in [0.15, 0.2) is 24.3 Å². The normalized spacial score (nSPS) is 16.5. The van der Waals surface area contributed by atoms with Gasteiger partial charge < -0.3 is 19.2 Å². The van der Waals surface area contributed by atoms with Crippen LogP contribution in [-0.2, 0) is 9.53 Å². The number of benzene rings is 1. The van der Waals surface area contributed by atoms with Gasteiger partial charge in [-0.25, -0.2) is 4.79 Å². The number of fused-ring (bicyclic) bond motifs is 1. The molecule has 0 saturated carbocycles. The quantitative estimate of drug-likeness (QED) is 0.641. The number of para-hydroxylation sites is 2. The van der Waals surface area contributed by atoms with Crippen LogP contribution in [0, 0.1) is 13.8 Å². The number of hydrogen-bond donors (Lipinski definition) is 1. The molecule has 0 aliphatic carbocycles. The zero-order valence-corrected chi connectivity index (χ0v) is 15.6. The van der Waals surface area contributed by atoms with Crippen molar-refractivity contribution in [1.29, 1.82) is 0 Å². The molecule has 3 rings (SSSR count). The average Bonchev–Trinajstić information content (AvgIpc) is 2.94. The number of aryl methyl sites for hydroxylation is 1. The molecule has 0 radical (unpaired) electrons. The Labute approximate surface area is 156 Å². The average molecular weight is 371 g/mol. The summed E-state index contributed by atoms with van der Waals surface area (Å²) < 4.78 is 16.4. The smallest absolute Gasteiger partial charge is 0.351 e. The Bertz CT molecular complexity index is 913. The number of rotatable bonds is 5. The maximum Gasteiger partial charge on any atom is 0.351 e. The van der Waals surface area contributed by atoms with E-state index in [2.05, 4.69) is 4.98 Å². The van der Waals surface area contributed by atoms with Gasteiger partial charge in [-0.2, -0.15) is 0 Å². The third kappa shape index (κ3) is 3.58. The molecule has 1 N–H and O–H groups in total. The summed E-state index contributed by atoms with van der Waals surface area (Å²) in [5, 5.41) is 0. The highest BCUT2D eigenvalue weighted by atomic mass is 16.6. The fourth-order valence-corrected chi connectivity index (χ4v) is 3.17. The third-order valence-corrected chi connectivity index (χ3v) is 4.47. The summed E-state index contributed by atoms with van der Waals surface area (Å²) in [6, 6.07) is 7.01. The molecular weight excluding hydrogens is 350 g/mol. The molecule has 0 fully saturated rings. The second kappa shape index (κ2) is 7.26. The first-order valence-corrected chi connectivity index (χ1v) is 8.63. The van der Waals surface area contributed by atoms with E-state index < -0.39 is 24.0 Å². The van der Waals surface area contributed by atoms with Crippen molar-refractivity contribution in [3.05, 3.63) is 46.8 Å². The van der Waals surface area contributed by atoms with Crippen molar-refractivity contribution in [2.45, 2.75) is 39.9 Å². The molecular formula is C20H21NO6. The van der Waals surface area contributed by atoms with Gasteiger partial charge in [-0.15, -0.1) is 0 Å². The van der Waals surface area contributed by atoms with Crippen LogP contribution in [0.5, 0.6) is 11.5 Å². The molecule has 0 unspecified atom stereocenters. The molecule has 1 aromatic heterocycles. The Hall–Kier alpha value is -3.09. The maximum absolute atomic E-state index is 12.7. The molecule has 1 aromatic carbocycles. The van der Waals surface area contributed by atoms with E-state index in [1.165, 1.54) is 13.8 Å². The van der Waals surface area contributed by atoms with Gasteiger partial charge in [0.2, 0.25) is 11.9 Å². The Morgan fingerprint density at radius 2 is 1.85 bits per heavy atom. The second-order valence-electron chi connectivity index (χ2n) is 6.49. The van der Waals surface area contributed by atoms with Crippen LogP contribution in [0.3, 0.4) is 0 Å². The van der Waals surface area contributed by atoms with E-state index in [9.17, 15) is 14.4 Å². The molecule has 0 amide bonds. The van der Waals surface area contributed by atoms with Gasteiger partial charge in [0, 0.05) is 11.3 Å². The van der Waals surface area contributed by atoms with E-state index in [0.717, 1.165) is 0 Å². The molecule has 0 spiro atoms. The minimum absolute atomic E-state index is 0.00583. The number of nitrogens with one attached hydrogen (secondary N) is 1. The summed E-state index contributed by atoms with van der Waals surface area (Å²) in [6.45, 7) is 6.35. The van der Waals surface area contributed by atoms with Crippen LogP contribution >= 0.6 is 0 Å². The highest BCUT2D eigenvalue weighted by molar-refractivity contribution is 6.05. The van der Waals surface area contributed by atoms with E-state index in [4.69, 9.17) is 14.2 Å². The van der Waals surface area contributed by atoms with Crippen molar-refractivity contribution in [2.75, 3.05) is 6.61 Å². The van der Waals surface area contributed by atoms with E-state index in [1.807, 2.05) is 0 Å². The first-order chi connectivity index (χ1) is 12.8. The van der Waals surface area contributed by atoms with E-state index in [-0.39, 0.29) is 18.1 Å². The van der Waals surface area contributed by atoms with E-state index >= 15 is 0 Å². The Morgan fingerprint density at radius 1 is 1.19 bits per heavy atom. The molecule has 1 aliphatic heterocycles. The van der Waals surface area contributed by atoms with Crippen LogP contribution in [0.25, 0.3) is 0 Å². The topological polar surface area (TPSA) is 94.7 Å². The first-order valence-electron chi connectivity index (χ1n) is 8.63. The van der Waals surface area contributed by atoms with Gasteiger partial charge in [-0.3, -0.25) is 9.59 Å².